The standard InChI is InChI=1S/C19H19N3O4S/c1-12-4-6-15(10-13(12)2)22-27(24,25)18-11-14(5-8-17(18)26-3)16-7-9-19(23)21-20-16/h4-11,22H,1-3H3,(H,21,23). The SMILES string of the molecule is COc1ccc(-c2ccc(=O)[nH]n2)cc1S(=O)(=O)Nc1ccc(C)c(C)c1. The molecule has 0 radical (unpaired) electrons. The molecule has 2 N–H and O–H groups in total. The summed E-state index contributed by atoms with van der Waals surface area (Å²) in [7, 11) is -2.49. The first kappa shape index (κ1) is 18.7. The summed E-state index contributed by atoms with van der Waals surface area (Å²) in [5, 5.41) is 6.27. The Morgan fingerprint density at radius 1 is 1.00 bits per heavy atom. The average molecular weight is 385 g/mol. The lowest BCUT2D eigenvalue weighted by atomic mass is 10.1. The molecular formula is C19H19N3O4S. The molecule has 1 aromatic heterocycles. The number of nitrogens with one attached hydrogen (secondary N) is 2. The molecule has 3 rings (SSSR count). The van der Waals surface area contributed by atoms with E-state index in [1.54, 1.807) is 24.3 Å². The van der Waals surface area contributed by atoms with E-state index in [0.717, 1.165) is 11.1 Å². The van der Waals surface area contributed by atoms with Crippen molar-refractivity contribution in [2.24, 2.45) is 0 Å². The van der Waals surface area contributed by atoms with Gasteiger partial charge in [-0.2, -0.15) is 5.10 Å². The van der Waals surface area contributed by atoms with Crippen LogP contribution in [-0.2, 0) is 10.0 Å². The lowest BCUT2D eigenvalue weighted by molar-refractivity contribution is 0.403. The maximum atomic E-state index is 12.9. The summed E-state index contributed by atoms with van der Waals surface area (Å²) in [5.41, 5.74) is 3.16. The molecule has 3 aromatic rings. The van der Waals surface area contributed by atoms with Gasteiger partial charge in [0.1, 0.15) is 10.6 Å². The van der Waals surface area contributed by atoms with Gasteiger partial charge in [-0.05, 0) is 61.4 Å². The molecule has 0 unspecified atom stereocenters. The summed E-state index contributed by atoms with van der Waals surface area (Å²) in [4.78, 5) is 11.2. The second-order valence-corrected chi connectivity index (χ2v) is 7.73. The molecular weight excluding hydrogens is 366 g/mol. The minimum absolute atomic E-state index is 0.0197. The first-order valence-electron chi connectivity index (χ1n) is 8.14. The molecule has 0 fully saturated rings. The van der Waals surface area contributed by atoms with E-state index in [9.17, 15) is 13.2 Å². The number of benzene rings is 2. The third-order valence-corrected chi connectivity index (χ3v) is 5.59. The first-order valence-corrected chi connectivity index (χ1v) is 9.63. The quantitative estimate of drug-likeness (QED) is 0.703. The van der Waals surface area contributed by atoms with Gasteiger partial charge in [0.05, 0.1) is 12.8 Å². The summed E-state index contributed by atoms with van der Waals surface area (Å²) in [6, 6.07) is 12.9. The number of nitrogens with zero attached hydrogens (tertiary/aromatic N) is 1. The topological polar surface area (TPSA) is 101 Å². The predicted molar refractivity (Wildman–Crippen MR) is 104 cm³/mol. The Hall–Kier alpha value is -3.13. The van der Waals surface area contributed by atoms with E-state index >= 15 is 0 Å². The van der Waals surface area contributed by atoms with Crippen molar-refractivity contribution in [3.63, 3.8) is 0 Å². The molecule has 0 aliphatic rings. The van der Waals surface area contributed by atoms with Crippen LogP contribution in [0.1, 0.15) is 11.1 Å². The van der Waals surface area contributed by atoms with Crippen molar-refractivity contribution in [1.29, 1.82) is 0 Å². The van der Waals surface area contributed by atoms with E-state index in [1.807, 2.05) is 19.9 Å². The Kier molecular flexibility index (Phi) is 5.00. The normalized spacial score (nSPS) is 11.2. The maximum Gasteiger partial charge on any atom is 0.265 e. The third-order valence-electron chi connectivity index (χ3n) is 4.19. The van der Waals surface area contributed by atoms with Crippen LogP contribution in [0.15, 0.2) is 58.2 Å². The molecule has 7 nitrogen and oxygen atoms in total. The summed E-state index contributed by atoms with van der Waals surface area (Å²) in [5.74, 6) is 0.208. The first-order chi connectivity index (χ1) is 12.8. The number of methoxy groups -OCH3 is 1. The molecule has 0 spiro atoms. The summed E-state index contributed by atoms with van der Waals surface area (Å²) in [6.45, 7) is 3.87. The third kappa shape index (κ3) is 4.01. The molecule has 2 aromatic carbocycles. The van der Waals surface area contributed by atoms with Gasteiger partial charge in [-0.3, -0.25) is 9.52 Å². The molecule has 0 aliphatic carbocycles. The molecule has 0 saturated carbocycles. The number of hydrogen-bond donors (Lipinski definition) is 2. The van der Waals surface area contributed by atoms with Gasteiger partial charge in [-0.15, -0.1) is 0 Å². The van der Waals surface area contributed by atoms with Gasteiger partial charge in [0.25, 0.3) is 15.6 Å². The number of rotatable bonds is 5. The molecule has 8 heteroatoms. The number of anilines is 1. The van der Waals surface area contributed by atoms with Crippen LogP contribution in [0.2, 0.25) is 0 Å². The van der Waals surface area contributed by atoms with E-state index in [0.29, 0.717) is 16.9 Å². The minimum Gasteiger partial charge on any atom is -0.495 e. The van der Waals surface area contributed by atoms with Gasteiger partial charge in [-0.25, -0.2) is 13.5 Å². The van der Waals surface area contributed by atoms with Crippen LogP contribution in [0.4, 0.5) is 5.69 Å². The van der Waals surface area contributed by atoms with Crippen LogP contribution in [0.25, 0.3) is 11.3 Å². The molecule has 0 bridgehead atoms. The Labute approximate surface area is 157 Å². The highest BCUT2D eigenvalue weighted by molar-refractivity contribution is 7.92. The highest BCUT2D eigenvalue weighted by Crippen LogP contribution is 2.30. The molecule has 140 valence electrons. The van der Waals surface area contributed by atoms with E-state index in [1.165, 1.54) is 25.3 Å². The molecule has 0 amide bonds. The summed E-state index contributed by atoms with van der Waals surface area (Å²) in [6.07, 6.45) is 0. The predicted octanol–water partition coefficient (Wildman–Crippen LogP) is 2.86. The number of aromatic amines is 1. The van der Waals surface area contributed by atoms with E-state index < -0.39 is 10.0 Å². The van der Waals surface area contributed by atoms with Crippen LogP contribution < -0.4 is 15.0 Å². The zero-order valence-electron chi connectivity index (χ0n) is 15.1. The summed E-state index contributed by atoms with van der Waals surface area (Å²) >= 11 is 0. The zero-order chi connectivity index (χ0) is 19.6. The van der Waals surface area contributed by atoms with Gasteiger partial charge in [0, 0.05) is 17.3 Å². The van der Waals surface area contributed by atoms with Crippen LogP contribution >= 0.6 is 0 Å². The molecule has 27 heavy (non-hydrogen) atoms. The van der Waals surface area contributed by atoms with Crippen molar-refractivity contribution in [3.05, 3.63) is 70.0 Å². The number of hydrogen-bond acceptors (Lipinski definition) is 5. The van der Waals surface area contributed by atoms with Gasteiger partial charge in [0.15, 0.2) is 0 Å². The zero-order valence-corrected chi connectivity index (χ0v) is 15.9. The molecule has 0 saturated heterocycles. The lowest BCUT2D eigenvalue weighted by Gasteiger charge is -2.14. The van der Waals surface area contributed by atoms with Crippen molar-refractivity contribution in [3.8, 4) is 17.0 Å². The number of aryl methyl sites for hydroxylation is 2. The van der Waals surface area contributed by atoms with Crippen molar-refractivity contribution in [2.45, 2.75) is 18.7 Å². The fourth-order valence-electron chi connectivity index (χ4n) is 2.57. The Balaban J connectivity index is 2.04. The Morgan fingerprint density at radius 2 is 1.78 bits per heavy atom. The number of H-pyrrole nitrogens is 1. The smallest absolute Gasteiger partial charge is 0.265 e. The van der Waals surface area contributed by atoms with Crippen molar-refractivity contribution < 1.29 is 13.2 Å². The highest BCUT2D eigenvalue weighted by Gasteiger charge is 2.21. The van der Waals surface area contributed by atoms with Gasteiger partial charge in [-0.1, -0.05) is 6.07 Å². The fraction of sp³-hybridized carbons (Fsp3) is 0.158. The maximum absolute atomic E-state index is 12.9. The van der Waals surface area contributed by atoms with E-state index in [4.69, 9.17) is 4.74 Å². The largest absolute Gasteiger partial charge is 0.495 e. The second-order valence-electron chi connectivity index (χ2n) is 6.08. The Morgan fingerprint density at radius 3 is 2.41 bits per heavy atom. The number of aromatic nitrogens is 2. The van der Waals surface area contributed by atoms with Crippen molar-refractivity contribution >= 4 is 15.7 Å². The van der Waals surface area contributed by atoms with Crippen LogP contribution in [0.3, 0.4) is 0 Å². The van der Waals surface area contributed by atoms with Gasteiger partial charge < -0.3 is 4.74 Å². The van der Waals surface area contributed by atoms with Crippen LogP contribution in [0.5, 0.6) is 5.75 Å². The molecule has 1 heterocycles. The fourth-order valence-corrected chi connectivity index (χ4v) is 3.81. The second kappa shape index (κ2) is 7.24. The lowest BCUT2D eigenvalue weighted by Crippen LogP contribution is -2.14. The van der Waals surface area contributed by atoms with Crippen LogP contribution in [-0.4, -0.2) is 25.7 Å². The molecule has 0 atom stereocenters. The summed E-state index contributed by atoms with van der Waals surface area (Å²) < 4.78 is 33.7. The van der Waals surface area contributed by atoms with Gasteiger partial charge >= 0.3 is 0 Å². The van der Waals surface area contributed by atoms with Crippen LogP contribution in [0, 0.1) is 13.8 Å². The number of ether oxygens (including phenoxy) is 1. The van der Waals surface area contributed by atoms with Crippen molar-refractivity contribution in [2.75, 3.05) is 11.8 Å². The number of sulfonamides is 1. The average Bonchev–Trinajstić information content (AvgIpc) is 2.64. The van der Waals surface area contributed by atoms with Gasteiger partial charge in [0.2, 0.25) is 0 Å². The monoisotopic (exact) mass is 385 g/mol. The van der Waals surface area contributed by atoms with Crippen molar-refractivity contribution in [1.82, 2.24) is 10.2 Å². The molecule has 0 aliphatic heterocycles. The minimum atomic E-state index is -3.90. The Bertz CT molecular complexity index is 1130. The van der Waals surface area contributed by atoms with E-state index in [2.05, 4.69) is 14.9 Å². The van der Waals surface area contributed by atoms with E-state index in [-0.39, 0.29) is 16.2 Å². The highest BCUT2D eigenvalue weighted by atomic mass is 32.2.